The SMILES string of the molecule is CNC(=O)Nc1ccc(C#N)cc1Br. The van der Waals surface area contributed by atoms with Crippen LogP contribution in [0.1, 0.15) is 5.56 Å². The fourth-order valence-corrected chi connectivity index (χ4v) is 1.35. The highest BCUT2D eigenvalue weighted by molar-refractivity contribution is 9.10. The van der Waals surface area contributed by atoms with E-state index in [0.29, 0.717) is 15.7 Å². The zero-order valence-corrected chi connectivity index (χ0v) is 9.05. The molecule has 0 radical (unpaired) electrons. The summed E-state index contributed by atoms with van der Waals surface area (Å²) in [5.41, 5.74) is 1.17. The molecule has 1 aromatic rings. The van der Waals surface area contributed by atoms with Gasteiger partial charge in [-0.3, -0.25) is 0 Å². The second-order valence-corrected chi connectivity index (χ2v) is 3.36. The van der Waals surface area contributed by atoms with Crippen LogP contribution < -0.4 is 10.6 Å². The van der Waals surface area contributed by atoms with Gasteiger partial charge in [-0.15, -0.1) is 0 Å². The number of benzene rings is 1. The van der Waals surface area contributed by atoms with E-state index in [1.54, 1.807) is 18.2 Å². The van der Waals surface area contributed by atoms with Gasteiger partial charge in [0.05, 0.1) is 17.3 Å². The molecule has 1 aromatic carbocycles. The Balaban J connectivity index is 2.90. The highest BCUT2D eigenvalue weighted by Gasteiger charge is 2.03. The number of urea groups is 1. The van der Waals surface area contributed by atoms with Gasteiger partial charge in [0, 0.05) is 11.5 Å². The predicted molar refractivity (Wildman–Crippen MR) is 56.9 cm³/mol. The minimum atomic E-state index is -0.296. The van der Waals surface area contributed by atoms with Gasteiger partial charge < -0.3 is 10.6 Å². The number of rotatable bonds is 1. The molecule has 0 aliphatic heterocycles. The van der Waals surface area contributed by atoms with Crippen LogP contribution in [0.5, 0.6) is 0 Å². The van der Waals surface area contributed by atoms with Crippen molar-refractivity contribution in [3.63, 3.8) is 0 Å². The third kappa shape index (κ3) is 2.47. The van der Waals surface area contributed by atoms with Crippen LogP contribution in [0.15, 0.2) is 22.7 Å². The highest BCUT2D eigenvalue weighted by Crippen LogP contribution is 2.23. The zero-order valence-electron chi connectivity index (χ0n) is 7.47. The number of anilines is 1. The summed E-state index contributed by atoms with van der Waals surface area (Å²) in [6, 6.07) is 6.65. The summed E-state index contributed by atoms with van der Waals surface area (Å²) >= 11 is 3.25. The van der Waals surface area contributed by atoms with Gasteiger partial charge in [-0.2, -0.15) is 5.26 Å². The van der Waals surface area contributed by atoms with Gasteiger partial charge in [-0.05, 0) is 34.1 Å². The third-order valence-electron chi connectivity index (χ3n) is 1.57. The number of nitriles is 1. The maximum absolute atomic E-state index is 11.0. The van der Waals surface area contributed by atoms with Crippen LogP contribution in [-0.2, 0) is 0 Å². The molecule has 2 amide bonds. The van der Waals surface area contributed by atoms with Gasteiger partial charge in [-0.25, -0.2) is 4.79 Å². The van der Waals surface area contributed by atoms with Crippen LogP contribution in [-0.4, -0.2) is 13.1 Å². The van der Waals surface area contributed by atoms with Crippen LogP contribution in [0.25, 0.3) is 0 Å². The molecule has 0 bridgehead atoms. The van der Waals surface area contributed by atoms with E-state index in [9.17, 15) is 4.79 Å². The second kappa shape index (κ2) is 4.63. The monoisotopic (exact) mass is 253 g/mol. The van der Waals surface area contributed by atoms with Crippen LogP contribution in [0.2, 0.25) is 0 Å². The van der Waals surface area contributed by atoms with E-state index in [1.165, 1.54) is 7.05 Å². The van der Waals surface area contributed by atoms with E-state index in [-0.39, 0.29) is 6.03 Å². The van der Waals surface area contributed by atoms with Gasteiger partial charge in [0.1, 0.15) is 0 Å². The predicted octanol–water partition coefficient (Wildman–Crippen LogP) is 2.07. The Hall–Kier alpha value is -1.54. The maximum Gasteiger partial charge on any atom is 0.319 e. The van der Waals surface area contributed by atoms with Crippen molar-refractivity contribution in [3.8, 4) is 6.07 Å². The number of hydrogen-bond acceptors (Lipinski definition) is 2. The zero-order chi connectivity index (χ0) is 10.6. The van der Waals surface area contributed by atoms with Crippen LogP contribution in [0.4, 0.5) is 10.5 Å². The molecule has 0 heterocycles. The molecule has 0 saturated heterocycles. The molecule has 0 aliphatic carbocycles. The van der Waals surface area contributed by atoms with Crippen molar-refractivity contribution in [2.45, 2.75) is 0 Å². The Morgan fingerprint density at radius 2 is 2.29 bits per heavy atom. The first-order valence-electron chi connectivity index (χ1n) is 3.85. The summed E-state index contributed by atoms with van der Waals surface area (Å²) in [6.07, 6.45) is 0. The van der Waals surface area contributed by atoms with Gasteiger partial charge in [0.25, 0.3) is 0 Å². The van der Waals surface area contributed by atoms with Crippen LogP contribution >= 0.6 is 15.9 Å². The number of halogens is 1. The Kier molecular flexibility index (Phi) is 3.48. The van der Waals surface area contributed by atoms with Crippen molar-refractivity contribution in [1.29, 1.82) is 5.26 Å². The molecule has 5 heteroatoms. The highest BCUT2D eigenvalue weighted by atomic mass is 79.9. The molecule has 0 aromatic heterocycles. The minimum Gasteiger partial charge on any atom is -0.341 e. The molecule has 14 heavy (non-hydrogen) atoms. The molecule has 2 N–H and O–H groups in total. The lowest BCUT2D eigenvalue weighted by Crippen LogP contribution is -2.24. The lowest BCUT2D eigenvalue weighted by Gasteiger charge is -2.06. The number of carbonyl (C=O) groups excluding carboxylic acids is 1. The lowest BCUT2D eigenvalue weighted by molar-refractivity contribution is 0.254. The molecule has 72 valence electrons. The Morgan fingerprint density at radius 3 is 2.79 bits per heavy atom. The molecule has 0 spiro atoms. The number of hydrogen-bond donors (Lipinski definition) is 2. The van der Waals surface area contributed by atoms with Crippen molar-refractivity contribution >= 4 is 27.6 Å². The largest absolute Gasteiger partial charge is 0.341 e. The van der Waals surface area contributed by atoms with Crippen LogP contribution in [0, 0.1) is 11.3 Å². The number of nitrogens with one attached hydrogen (secondary N) is 2. The standard InChI is InChI=1S/C9H8BrN3O/c1-12-9(14)13-8-3-2-6(5-11)4-7(8)10/h2-4H,1H3,(H2,12,13,14). The molecule has 0 atom stereocenters. The maximum atomic E-state index is 11.0. The van der Waals surface area contributed by atoms with Crippen LogP contribution in [0.3, 0.4) is 0 Å². The molecule has 0 saturated carbocycles. The van der Waals surface area contributed by atoms with Gasteiger partial charge in [0.2, 0.25) is 0 Å². The van der Waals surface area contributed by atoms with E-state index in [0.717, 1.165) is 0 Å². The van der Waals surface area contributed by atoms with Crippen molar-refractivity contribution in [2.24, 2.45) is 0 Å². The summed E-state index contributed by atoms with van der Waals surface area (Å²) < 4.78 is 0.681. The van der Waals surface area contributed by atoms with Gasteiger partial charge >= 0.3 is 6.03 Å². The average molecular weight is 254 g/mol. The summed E-state index contributed by atoms with van der Waals surface area (Å²) in [6.45, 7) is 0. The fraction of sp³-hybridized carbons (Fsp3) is 0.111. The lowest BCUT2D eigenvalue weighted by atomic mass is 10.2. The molecule has 1 rings (SSSR count). The first kappa shape index (κ1) is 10.5. The fourth-order valence-electron chi connectivity index (χ4n) is 0.871. The molecular weight excluding hydrogens is 246 g/mol. The average Bonchev–Trinajstić information content (AvgIpc) is 2.20. The summed E-state index contributed by atoms with van der Waals surface area (Å²) in [5, 5.41) is 13.6. The topological polar surface area (TPSA) is 64.9 Å². The van der Waals surface area contributed by atoms with E-state index in [4.69, 9.17) is 5.26 Å². The first-order valence-corrected chi connectivity index (χ1v) is 4.65. The molecule has 4 nitrogen and oxygen atoms in total. The number of nitrogens with zero attached hydrogens (tertiary/aromatic N) is 1. The van der Waals surface area contributed by atoms with E-state index < -0.39 is 0 Å². The van der Waals surface area contributed by atoms with Crippen molar-refractivity contribution in [2.75, 3.05) is 12.4 Å². The van der Waals surface area contributed by atoms with Gasteiger partial charge in [-0.1, -0.05) is 0 Å². The molecular formula is C9H8BrN3O. The Bertz CT molecular complexity index is 398. The third-order valence-corrected chi connectivity index (χ3v) is 2.23. The summed E-state index contributed by atoms with van der Waals surface area (Å²) in [7, 11) is 1.53. The van der Waals surface area contributed by atoms with E-state index >= 15 is 0 Å². The first-order chi connectivity index (χ1) is 6.67. The summed E-state index contributed by atoms with van der Waals surface area (Å²) in [5.74, 6) is 0. The Morgan fingerprint density at radius 1 is 1.57 bits per heavy atom. The Labute approximate surface area is 90.0 Å². The molecule has 0 fully saturated rings. The second-order valence-electron chi connectivity index (χ2n) is 2.51. The summed E-state index contributed by atoms with van der Waals surface area (Å²) in [4.78, 5) is 11.0. The van der Waals surface area contributed by atoms with Crippen molar-refractivity contribution < 1.29 is 4.79 Å². The van der Waals surface area contributed by atoms with Crippen molar-refractivity contribution in [1.82, 2.24) is 5.32 Å². The quantitative estimate of drug-likeness (QED) is 0.805. The molecule has 0 aliphatic rings. The molecule has 0 unspecified atom stereocenters. The smallest absolute Gasteiger partial charge is 0.319 e. The number of amides is 2. The number of carbonyl (C=O) groups is 1. The van der Waals surface area contributed by atoms with E-state index in [2.05, 4.69) is 26.6 Å². The van der Waals surface area contributed by atoms with Crippen molar-refractivity contribution in [3.05, 3.63) is 28.2 Å². The normalized spacial score (nSPS) is 8.93. The minimum absolute atomic E-state index is 0.296. The van der Waals surface area contributed by atoms with E-state index in [1.807, 2.05) is 6.07 Å². The van der Waals surface area contributed by atoms with Gasteiger partial charge in [0.15, 0.2) is 0 Å².